The Hall–Kier alpha value is -4.19. The van der Waals surface area contributed by atoms with Crippen molar-refractivity contribution >= 4 is 22.7 Å². The highest BCUT2D eigenvalue weighted by atomic mass is 16.3. The van der Waals surface area contributed by atoms with Gasteiger partial charge in [-0.2, -0.15) is 0 Å². The molecule has 1 N–H and O–H groups in total. The number of carbonyl (C=O) groups is 2. The van der Waals surface area contributed by atoms with Crippen molar-refractivity contribution in [3.63, 3.8) is 0 Å². The SMILES string of the molecule is O=C(C1=C(O)C(=O)N(CCc2ccccc2)[C@H]1c1ccncc1)c1cc2ccccc2o1. The molecule has 0 aliphatic carbocycles. The number of amides is 1. The molecule has 0 saturated carbocycles. The lowest BCUT2D eigenvalue weighted by atomic mass is 9.95. The Bertz CT molecular complexity index is 1290. The predicted octanol–water partition coefficient (Wildman–Crippen LogP) is 4.65. The van der Waals surface area contributed by atoms with Gasteiger partial charge in [-0.1, -0.05) is 48.5 Å². The quantitative estimate of drug-likeness (QED) is 0.456. The van der Waals surface area contributed by atoms with Crippen LogP contribution in [0.4, 0.5) is 0 Å². The summed E-state index contributed by atoms with van der Waals surface area (Å²) in [5.41, 5.74) is 2.35. The maximum Gasteiger partial charge on any atom is 0.290 e. The maximum absolute atomic E-state index is 13.5. The van der Waals surface area contributed by atoms with Crippen LogP contribution in [-0.4, -0.2) is 33.2 Å². The van der Waals surface area contributed by atoms with Gasteiger partial charge >= 0.3 is 0 Å². The Kier molecular flexibility index (Phi) is 5.03. The average Bonchev–Trinajstić information content (AvgIpc) is 3.38. The third kappa shape index (κ3) is 3.46. The molecule has 1 aliphatic heterocycles. The summed E-state index contributed by atoms with van der Waals surface area (Å²) in [7, 11) is 0. The molecule has 6 nitrogen and oxygen atoms in total. The molecule has 4 aromatic rings. The highest BCUT2D eigenvalue weighted by Gasteiger charge is 2.44. The molecule has 3 heterocycles. The van der Waals surface area contributed by atoms with E-state index in [1.165, 1.54) is 4.90 Å². The summed E-state index contributed by atoms with van der Waals surface area (Å²) in [5, 5.41) is 11.6. The largest absolute Gasteiger partial charge is 0.503 e. The van der Waals surface area contributed by atoms with Crippen molar-refractivity contribution in [1.29, 1.82) is 0 Å². The van der Waals surface area contributed by atoms with Gasteiger partial charge in [0.1, 0.15) is 5.58 Å². The van der Waals surface area contributed by atoms with Gasteiger partial charge in [0.15, 0.2) is 11.5 Å². The van der Waals surface area contributed by atoms with Crippen LogP contribution in [-0.2, 0) is 11.2 Å². The summed E-state index contributed by atoms with van der Waals surface area (Å²) in [6.07, 6.45) is 3.80. The van der Waals surface area contributed by atoms with E-state index >= 15 is 0 Å². The first kappa shape index (κ1) is 19.8. The second kappa shape index (κ2) is 8.15. The summed E-state index contributed by atoms with van der Waals surface area (Å²) in [4.78, 5) is 32.1. The number of carbonyl (C=O) groups excluding carboxylic acids is 2. The van der Waals surface area contributed by atoms with Crippen molar-refractivity contribution in [1.82, 2.24) is 9.88 Å². The van der Waals surface area contributed by atoms with E-state index in [4.69, 9.17) is 4.42 Å². The molecule has 2 aromatic heterocycles. The van der Waals surface area contributed by atoms with Gasteiger partial charge in [0.2, 0.25) is 5.78 Å². The first-order chi connectivity index (χ1) is 15.6. The number of hydrogen-bond acceptors (Lipinski definition) is 5. The van der Waals surface area contributed by atoms with Crippen molar-refractivity contribution in [3.8, 4) is 0 Å². The molecular formula is C26H20N2O4. The molecule has 0 bridgehead atoms. The molecule has 0 radical (unpaired) electrons. The van der Waals surface area contributed by atoms with E-state index < -0.39 is 23.5 Å². The number of nitrogens with zero attached hydrogens (tertiary/aromatic N) is 2. The summed E-state index contributed by atoms with van der Waals surface area (Å²) in [5.74, 6) is -1.52. The van der Waals surface area contributed by atoms with Gasteiger partial charge in [-0.15, -0.1) is 0 Å². The van der Waals surface area contributed by atoms with Gasteiger partial charge < -0.3 is 14.4 Å². The highest BCUT2D eigenvalue weighted by Crippen LogP contribution is 2.39. The Labute approximate surface area is 184 Å². The molecule has 0 saturated heterocycles. The average molecular weight is 424 g/mol. The second-order valence-corrected chi connectivity index (χ2v) is 7.66. The smallest absolute Gasteiger partial charge is 0.290 e. The van der Waals surface area contributed by atoms with E-state index in [0.717, 1.165) is 10.9 Å². The zero-order valence-corrected chi connectivity index (χ0v) is 17.1. The minimum absolute atomic E-state index is 0.0216. The Morgan fingerprint density at radius 2 is 1.72 bits per heavy atom. The number of pyridine rings is 1. The summed E-state index contributed by atoms with van der Waals surface area (Å²) in [6.45, 7) is 0.344. The van der Waals surface area contributed by atoms with Crippen LogP contribution in [0.1, 0.15) is 27.7 Å². The van der Waals surface area contributed by atoms with E-state index in [9.17, 15) is 14.7 Å². The topological polar surface area (TPSA) is 83.6 Å². The highest BCUT2D eigenvalue weighted by molar-refractivity contribution is 6.16. The molecule has 1 amide bonds. The van der Waals surface area contributed by atoms with Gasteiger partial charge in [0.25, 0.3) is 5.91 Å². The van der Waals surface area contributed by atoms with E-state index in [1.54, 1.807) is 36.7 Å². The molecule has 0 unspecified atom stereocenters. The van der Waals surface area contributed by atoms with Crippen molar-refractivity contribution in [2.24, 2.45) is 0 Å². The lowest BCUT2D eigenvalue weighted by Gasteiger charge is -2.26. The lowest BCUT2D eigenvalue weighted by molar-refractivity contribution is -0.129. The Morgan fingerprint density at radius 3 is 2.47 bits per heavy atom. The van der Waals surface area contributed by atoms with E-state index in [0.29, 0.717) is 24.1 Å². The number of aromatic nitrogens is 1. The van der Waals surface area contributed by atoms with Gasteiger partial charge in [0, 0.05) is 24.3 Å². The molecule has 32 heavy (non-hydrogen) atoms. The number of aliphatic hydroxyl groups is 1. The molecular weight excluding hydrogens is 404 g/mol. The zero-order valence-electron chi connectivity index (χ0n) is 17.1. The van der Waals surface area contributed by atoms with Gasteiger partial charge in [-0.05, 0) is 41.8 Å². The number of rotatable bonds is 6. The standard InChI is InChI=1S/C26H20N2O4/c29-24(21-16-19-8-4-5-9-20(19)32-21)22-23(18-10-13-27-14-11-18)28(26(31)25(22)30)15-12-17-6-2-1-3-7-17/h1-11,13-14,16,23,30H,12,15H2/t23-/m0/s1. The molecule has 0 spiro atoms. The van der Waals surface area contributed by atoms with Gasteiger partial charge in [0.05, 0.1) is 11.6 Å². The molecule has 1 aliphatic rings. The number of furan rings is 1. The fourth-order valence-corrected chi connectivity index (χ4v) is 4.13. The van der Waals surface area contributed by atoms with Gasteiger partial charge in [-0.3, -0.25) is 14.6 Å². The van der Waals surface area contributed by atoms with Gasteiger partial charge in [-0.25, -0.2) is 0 Å². The van der Waals surface area contributed by atoms with Crippen molar-refractivity contribution in [2.75, 3.05) is 6.54 Å². The normalized spacial score (nSPS) is 16.2. The fourth-order valence-electron chi connectivity index (χ4n) is 4.13. The number of benzene rings is 2. The van der Waals surface area contributed by atoms with Crippen LogP contribution in [0.25, 0.3) is 11.0 Å². The number of ketones is 1. The Morgan fingerprint density at radius 1 is 1.00 bits per heavy atom. The third-order valence-corrected chi connectivity index (χ3v) is 5.70. The van der Waals surface area contributed by atoms with E-state index in [-0.39, 0.29) is 11.3 Å². The van der Waals surface area contributed by atoms with Crippen LogP contribution in [0.15, 0.2) is 101 Å². The number of para-hydroxylation sites is 1. The van der Waals surface area contributed by atoms with Crippen LogP contribution >= 0.6 is 0 Å². The maximum atomic E-state index is 13.5. The number of hydrogen-bond donors (Lipinski definition) is 1. The summed E-state index contributed by atoms with van der Waals surface area (Å²) < 4.78 is 5.74. The number of aliphatic hydroxyl groups excluding tert-OH is 1. The van der Waals surface area contributed by atoms with E-state index in [1.807, 2.05) is 48.5 Å². The molecule has 1 atom stereocenters. The van der Waals surface area contributed by atoms with E-state index in [2.05, 4.69) is 4.98 Å². The van der Waals surface area contributed by atoms with Crippen molar-refractivity contribution in [3.05, 3.63) is 113 Å². The minimum atomic E-state index is -0.727. The molecule has 158 valence electrons. The number of fused-ring (bicyclic) bond motifs is 1. The first-order valence-corrected chi connectivity index (χ1v) is 10.3. The van der Waals surface area contributed by atoms with Crippen LogP contribution in [0.5, 0.6) is 0 Å². The molecule has 0 fully saturated rings. The van der Waals surface area contributed by atoms with Crippen LogP contribution in [0, 0.1) is 0 Å². The third-order valence-electron chi connectivity index (χ3n) is 5.70. The van der Waals surface area contributed by atoms with Crippen LogP contribution in [0.2, 0.25) is 0 Å². The number of Topliss-reactive ketones (excluding diaryl/α,β-unsaturated/α-hetero) is 1. The molecule has 2 aromatic carbocycles. The van der Waals surface area contributed by atoms with Crippen LogP contribution in [0.3, 0.4) is 0 Å². The summed E-state index contributed by atoms with van der Waals surface area (Å²) in [6, 6.07) is 21.5. The Balaban J connectivity index is 1.53. The van der Waals surface area contributed by atoms with Crippen LogP contribution < -0.4 is 0 Å². The summed E-state index contributed by atoms with van der Waals surface area (Å²) >= 11 is 0. The fraction of sp³-hybridized carbons (Fsp3) is 0.115. The molecule has 5 rings (SSSR count). The predicted molar refractivity (Wildman–Crippen MR) is 119 cm³/mol. The lowest BCUT2D eigenvalue weighted by Crippen LogP contribution is -2.33. The first-order valence-electron chi connectivity index (χ1n) is 10.3. The zero-order chi connectivity index (χ0) is 22.1. The monoisotopic (exact) mass is 424 g/mol. The second-order valence-electron chi connectivity index (χ2n) is 7.66. The minimum Gasteiger partial charge on any atom is -0.503 e. The van der Waals surface area contributed by atoms with Crippen molar-refractivity contribution < 1.29 is 19.1 Å². The molecule has 6 heteroatoms. The van der Waals surface area contributed by atoms with Crippen molar-refractivity contribution in [2.45, 2.75) is 12.5 Å².